The molecule has 3 nitrogen and oxygen atoms in total. The van der Waals surface area contributed by atoms with E-state index in [4.69, 9.17) is 0 Å². The zero-order chi connectivity index (χ0) is 15.5. The quantitative estimate of drug-likeness (QED) is 0.808. The number of carbonyl (C=O) groups is 1. The van der Waals surface area contributed by atoms with Gasteiger partial charge in [0.15, 0.2) is 0 Å². The van der Waals surface area contributed by atoms with Gasteiger partial charge in [-0.15, -0.1) is 0 Å². The third-order valence-corrected chi connectivity index (χ3v) is 4.60. The standard InChI is InChI=1S/C18H28N2O/c1-5-7-8-13-20-16(15-11-9-14(3)10-12-15)19-18(4,6-2)17(20)21/h9-12,16,19H,5-8,13H2,1-4H3. The molecule has 1 saturated heterocycles. The van der Waals surface area contributed by atoms with Crippen LogP contribution in [0.4, 0.5) is 0 Å². The third kappa shape index (κ3) is 3.29. The Morgan fingerprint density at radius 1 is 1.19 bits per heavy atom. The maximum absolute atomic E-state index is 12.8. The van der Waals surface area contributed by atoms with E-state index in [9.17, 15) is 4.79 Å². The first-order valence-corrected chi connectivity index (χ1v) is 8.17. The Morgan fingerprint density at radius 2 is 1.86 bits per heavy atom. The molecule has 116 valence electrons. The smallest absolute Gasteiger partial charge is 0.244 e. The molecule has 0 spiro atoms. The lowest BCUT2D eigenvalue weighted by atomic mass is 9.99. The van der Waals surface area contributed by atoms with Crippen molar-refractivity contribution in [3.8, 4) is 0 Å². The van der Waals surface area contributed by atoms with Crippen molar-refractivity contribution in [2.45, 2.75) is 65.1 Å². The summed E-state index contributed by atoms with van der Waals surface area (Å²) in [6.07, 6.45) is 4.26. The van der Waals surface area contributed by atoms with E-state index in [1.807, 2.05) is 11.8 Å². The van der Waals surface area contributed by atoms with Crippen LogP contribution in [0.3, 0.4) is 0 Å². The Morgan fingerprint density at radius 3 is 2.43 bits per heavy atom. The number of nitrogens with one attached hydrogen (secondary N) is 1. The molecule has 1 fully saturated rings. The van der Waals surface area contributed by atoms with Crippen LogP contribution in [-0.4, -0.2) is 22.9 Å². The molecule has 1 aliphatic rings. The lowest BCUT2D eigenvalue weighted by molar-refractivity contribution is -0.133. The maximum atomic E-state index is 12.8. The van der Waals surface area contributed by atoms with Crippen molar-refractivity contribution in [2.24, 2.45) is 0 Å². The van der Waals surface area contributed by atoms with Gasteiger partial charge in [0, 0.05) is 6.54 Å². The maximum Gasteiger partial charge on any atom is 0.244 e. The summed E-state index contributed by atoms with van der Waals surface area (Å²) >= 11 is 0. The highest BCUT2D eigenvalue weighted by Gasteiger charge is 2.46. The predicted octanol–water partition coefficient (Wildman–Crippen LogP) is 3.78. The lowest BCUT2D eigenvalue weighted by Crippen LogP contribution is -2.43. The molecule has 0 aromatic heterocycles. The summed E-state index contributed by atoms with van der Waals surface area (Å²) in [7, 11) is 0. The molecule has 1 N–H and O–H groups in total. The first-order chi connectivity index (χ1) is 10.0. The Kier molecular flexibility index (Phi) is 5.04. The third-order valence-electron chi connectivity index (χ3n) is 4.60. The summed E-state index contributed by atoms with van der Waals surface area (Å²) in [5.41, 5.74) is 2.00. The van der Waals surface area contributed by atoms with E-state index in [1.165, 1.54) is 24.0 Å². The minimum Gasteiger partial charge on any atom is -0.321 e. The van der Waals surface area contributed by atoms with Crippen molar-refractivity contribution >= 4 is 5.91 Å². The zero-order valence-electron chi connectivity index (χ0n) is 13.8. The van der Waals surface area contributed by atoms with E-state index >= 15 is 0 Å². The van der Waals surface area contributed by atoms with Gasteiger partial charge in [-0.05, 0) is 32.3 Å². The average molecular weight is 288 g/mol. The predicted molar refractivity (Wildman–Crippen MR) is 87.0 cm³/mol. The SMILES string of the molecule is CCCCCN1C(=O)C(C)(CC)NC1c1ccc(C)cc1. The number of amides is 1. The molecule has 1 heterocycles. The highest BCUT2D eigenvalue weighted by Crippen LogP contribution is 2.32. The minimum atomic E-state index is -0.429. The molecule has 2 unspecified atom stereocenters. The van der Waals surface area contributed by atoms with Gasteiger partial charge >= 0.3 is 0 Å². The molecule has 3 heteroatoms. The van der Waals surface area contributed by atoms with Crippen molar-refractivity contribution in [3.05, 3.63) is 35.4 Å². The largest absolute Gasteiger partial charge is 0.321 e. The van der Waals surface area contributed by atoms with E-state index in [1.54, 1.807) is 0 Å². The number of rotatable bonds is 6. The molecule has 1 aromatic carbocycles. The second-order valence-electron chi connectivity index (χ2n) is 6.35. The number of nitrogens with zero attached hydrogens (tertiary/aromatic N) is 1. The molecule has 1 aliphatic heterocycles. The second-order valence-corrected chi connectivity index (χ2v) is 6.35. The summed E-state index contributed by atoms with van der Waals surface area (Å²) in [6.45, 7) is 9.22. The van der Waals surface area contributed by atoms with Crippen LogP contribution in [0.1, 0.15) is 63.7 Å². The molecule has 0 bridgehead atoms. The Balaban J connectivity index is 2.23. The van der Waals surface area contributed by atoms with Gasteiger partial charge in [0.1, 0.15) is 6.17 Å². The molecule has 0 saturated carbocycles. The number of unbranched alkanes of at least 4 members (excludes halogenated alkanes) is 2. The molecular weight excluding hydrogens is 260 g/mol. The van der Waals surface area contributed by atoms with E-state index in [0.29, 0.717) is 0 Å². The second kappa shape index (κ2) is 6.61. The highest BCUT2D eigenvalue weighted by molar-refractivity contribution is 5.88. The lowest BCUT2D eigenvalue weighted by Gasteiger charge is -2.24. The van der Waals surface area contributed by atoms with Crippen molar-refractivity contribution < 1.29 is 4.79 Å². The zero-order valence-corrected chi connectivity index (χ0v) is 13.8. The van der Waals surface area contributed by atoms with Crippen LogP contribution in [0.5, 0.6) is 0 Å². The molecule has 2 atom stereocenters. The summed E-state index contributed by atoms with van der Waals surface area (Å²) in [5, 5.41) is 3.56. The van der Waals surface area contributed by atoms with Gasteiger partial charge < -0.3 is 4.90 Å². The minimum absolute atomic E-state index is 0.0138. The van der Waals surface area contributed by atoms with Gasteiger partial charge in [0.05, 0.1) is 5.54 Å². The van der Waals surface area contributed by atoms with Gasteiger partial charge in [-0.1, -0.05) is 56.5 Å². The molecule has 0 radical (unpaired) electrons. The van der Waals surface area contributed by atoms with Crippen molar-refractivity contribution in [1.82, 2.24) is 10.2 Å². The Labute approximate surface area is 128 Å². The van der Waals surface area contributed by atoms with E-state index < -0.39 is 5.54 Å². The van der Waals surface area contributed by atoms with Crippen LogP contribution in [0.2, 0.25) is 0 Å². The molecule has 1 aromatic rings. The number of hydrogen-bond donors (Lipinski definition) is 1. The van der Waals surface area contributed by atoms with E-state index in [0.717, 1.165) is 19.4 Å². The average Bonchev–Trinajstić information content (AvgIpc) is 2.74. The Hall–Kier alpha value is -1.35. The fourth-order valence-corrected chi connectivity index (χ4v) is 2.90. The first kappa shape index (κ1) is 16.0. The fraction of sp³-hybridized carbons (Fsp3) is 0.611. The summed E-state index contributed by atoms with van der Waals surface area (Å²) in [4.78, 5) is 14.8. The van der Waals surface area contributed by atoms with Crippen molar-refractivity contribution in [1.29, 1.82) is 0 Å². The fourth-order valence-electron chi connectivity index (χ4n) is 2.90. The molecular formula is C18H28N2O. The summed E-state index contributed by atoms with van der Waals surface area (Å²) in [5.74, 6) is 0.242. The number of benzene rings is 1. The Bertz CT molecular complexity index is 482. The highest BCUT2D eigenvalue weighted by atomic mass is 16.2. The van der Waals surface area contributed by atoms with Crippen LogP contribution in [0.25, 0.3) is 0 Å². The molecule has 2 rings (SSSR count). The van der Waals surface area contributed by atoms with Crippen LogP contribution < -0.4 is 5.32 Å². The molecule has 21 heavy (non-hydrogen) atoms. The van der Waals surface area contributed by atoms with Gasteiger partial charge in [0.25, 0.3) is 0 Å². The number of carbonyl (C=O) groups excluding carboxylic acids is 1. The molecule has 0 aliphatic carbocycles. The van der Waals surface area contributed by atoms with Crippen LogP contribution in [0.15, 0.2) is 24.3 Å². The normalized spacial score (nSPS) is 25.6. The topological polar surface area (TPSA) is 32.3 Å². The van der Waals surface area contributed by atoms with Crippen molar-refractivity contribution in [2.75, 3.05) is 6.54 Å². The number of aryl methyl sites for hydroxylation is 1. The van der Waals surface area contributed by atoms with Crippen LogP contribution in [-0.2, 0) is 4.79 Å². The van der Waals surface area contributed by atoms with Crippen molar-refractivity contribution in [3.63, 3.8) is 0 Å². The monoisotopic (exact) mass is 288 g/mol. The van der Waals surface area contributed by atoms with Gasteiger partial charge in [-0.3, -0.25) is 10.1 Å². The summed E-state index contributed by atoms with van der Waals surface area (Å²) < 4.78 is 0. The van der Waals surface area contributed by atoms with E-state index in [2.05, 4.69) is 50.4 Å². The van der Waals surface area contributed by atoms with Crippen LogP contribution in [0, 0.1) is 6.92 Å². The van der Waals surface area contributed by atoms with Crippen LogP contribution >= 0.6 is 0 Å². The van der Waals surface area contributed by atoms with Gasteiger partial charge in [-0.25, -0.2) is 0 Å². The van der Waals surface area contributed by atoms with E-state index in [-0.39, 0.29) is 12.1 Å². The summed E-state index contributed by atoms with van der Waals surface area (Å²) in [6, 6.07) is 8.50. The van der Waals surface area contributed by atoms with Gasteiger partial charge in [0.2, 0.25) is 5.91 Å². The number of hydrogen-bond acceptors (Lipinski definition) is 2. The first-order valence-electron chi connectivity index (χ1n) is 8.17. The molecule has 1 amide bonds. The van der Waals surface area contributed by atoms with Gasteiger partial charge in [-0.2, -0.15) is 0 Å².